The van der Waals surface area contributed by atoms with Crippen LogP contribution in [-0.2, 0) is 11.3 Å². The predicted molar refractivity (Wildman–Crippen MR) is 83.7 cm³/mol. The van der Waals surface area contributed by atoms with Crippen LogP contribution in [0.5, 0.6) is 0 Å². The lowest BCUT2D eigenvalue weighted by Crippen LogP contribution is -2.27. The molecule has 0 radical (unpaired) electrons. The van der Waals surface area contributed by atoms with Gasteiger partial charge in [0.2, 0.25) is 11.8 Å². The maximum absolute atomic E-state index is 11.9. The molecule has 0 aliphatic rings. The van der Waals surface area contributed by atoms with Crippen LogP contribution in [0.2, 0.25) is 0 Å². The number of oxazole rings is 1. The zero-order chi connectivity index (χ0) is 16.0. The second-order valence-corrected chi connectivity index (χ2v) is 6.70. The molecule has 5 nitrogen and oxygen atoms in total. The molecule has 0 fully saturated rings. The fourth-order valence-corrected chi connectivity index (χ4v) is 2.39. The van der Waals surface area contributed by atoms with Gasteiger partial charge in [-0.05, 0) is 44.6 Å². The summed E-state index contributed by atoms with van der Waals surface area (Å²) < 4.78 is 5.44. The number of hydrogen-bond donors (Lipinski definition) is 2. The third kappa shape index (κ3) is 5.87. The first-order valence-electron chi connectivity index (χ1n) is 7.63. The minimum Gasteiger partial charge on any atom is -0.444 e. The van der Waals surface area contributed by atoms with Gasteiger partial charge >= 0.3 is 0 Å². The van der Waals surface area contributed by atoms with Crippen LogP contribution in [0.1, 0.15) is 57.4 Å². The molecular weight excluding hydrogens is 266 g/mol. The van der Waals surface area contributed by atoms with Crippen molar-refractivity contribution in [1.82, 2.24) is 10.3 Å². The summed E-state index contributed by atoms with van der Waals surface area (Å²) >= 11 is 0. The standard InChI is InChI=1S/C16H29N3O2/c1-11-12(2)21-15(19-11)10-18-14(20)7-6-13(8-9-17)16(3,4)5/h13H,6-10,17H2,1-5H3,(H,18,20). The first-order valence-corrected chi connectivity index (χ1v) is 7.63. The molecule has 1 aromatic rings. The van der Waals surface area contributed by atoms with Crippen LogP contribution in [0.15, 0.2) is 4.42 Å². The van der Waals surface area contributed by atoms with E-state index in [9.17, 15) is 4.79 Å². The lowest BCUT2D eigenvalue weighted by Gasteiger charge is -2.30. The number of nitrogens with zero attached hydrogens (tertiary/aromatic N) is 1. The van der Waals surface area contributed by atoms with Crippen molar-refractivity contribution >= 4 is 5.91 Å². The smallest absolute Gasteiger partial charge is 0.220 e. The maximum Gasteiger partial charge on any atom is 0.220 e. The molecule has 1 amide bonds. The SMILES string of the molecule is Cc1nc(CNC(=O)CCC(CCN)C(C)(C)C)oc1C. The van der Waals surface area contributed by atoms with Gasteiger partial charge in [-0.2, -0.15) is 0 Å². The van der Waals surface area contributed by atoms with Crippen molar-refractivity contribution in [3.05, 3.63) is 17.3 Å². The minimum atomic E-state index is 0.0368. The Morgan fingerprint density at radius 1 is 1.33 bits per heavy atom. The predicted octanol–water partition coefficient (Wildman–Crippen LogP) is 2.70. The molecule has 21 heavy (non-hydrogen) atoms. The van der Waals surface area contributed by atoms with Gasteiger partial charge in [0.15, 0.2) is 0 Å². The van der Waals surface area contributed by atoms with Gasteiger partial charge in [0.1, 0.15) is 5.76 Å². The van der Waals surface area contributed by atoms with Crippen molar-refractivity contribution in [3.63, 3.8) is 0 Å². The lowest BCUT2D eigenvalue weighted by atomic mass is 9.76. The lowest BCUT2D eigenvalue weighted by molar-refractivity contribution is -0.121. The number of nitrogens with two attached hydrogens (primary N) is 1. The molecule has 1 rings (SSSR count). The molecule has 1 atom stereocenters. The number of rotatable bonds is 7. The van der Waals surface area contributed by atoms with Crippen molar-refractivity contribution in [1.29, 1.82) is 0 Å². The van der Waals surface area contributed by atoms with E-state index in [4.69, 9.17) is 10.2 Å². The molecule has 0 saturated carbocycles. The highest BCUT2D eigenvalue weighted by atomic mass is 16.4. The highest BCUT2D eigenvalue weighted by molar-refractivity contribution is 5.75. The molecule has 0 aromatic carbocycles. The van der Waals surface area contributed by atoms with Crippen LogP contribution in [0, 0.1) is 25.2 Å². The quantitative estimate of drug-likeness (QED) is 0.810. The average molecular weight is 295 g/mol. The Morgan fingerprint density at radius 2 is 2.00 bits per heavy atom. The molecule has 3 N–H and O–H groups in total. The Morgan fingerprint density at radius 3 is 2.48 bits per heavy atom. The van der Waals surface area contributed by atoms with Crippen molar-refractivity contribution in [2.45, 2.75) is 60.4 Å². The van der Waals surface area contributed by atoms with Crippen LogP contribution in [0.4, 0.5) is 0 Å². The summed E-state index contributed by atoms with van der Waals surface area (Å²) in [6, 6.07) is 0. The van der Waals surface area contributed by atoms with E-state index in [1.54, 1.807) is 0 Å². The molecule has 120 valence electrons. The van der Waals surface area contributed by atoms with Crippen molar-refractivity contribution in [2.24, 2.45) is 17.1 Å². The molecule has 0 spiro atoms. The van der Waals surface area contributed by atoms with E-state index in [-0.39, 0.29) is 11.3 Å². The van der Waals surface area contributed by atoms with Gasteiger partial charge in [0.25, 0.3) is 0 Å². The maximum atomic E-state index is 11.9. The summed E-state index contributed by atoms with van der Waals surface area (Å²) in [7, 11) is 0. The van der Waals surface area contributed by atoms with E-state index in [0.717, 1.165) is 24.3 Å². The summed E-state index contributed by atoms with van der Waals surface area (Å²) in [4.78, 5) is 16.2. The van der Waals surface area contributed by atoms with Gasteiger partial charge in [-0.25, -0.2) is 4.98 Å². The fraction of sp³-hybridized carbons (Fsp3) is 0.750. The molecule has 0 aliphatic carbocycles. The highest BCUT2D eigenvalue weighted by Gasteiger charge is 2.24. The van der Waals surface area contributed by atoms with Crippen LogP contribution in [0.25, 0.3) is 0 Å². The molecule has 1 heterocycles. The van der Waals surface area contributed by atoms with E-state index in [1.807, 2.05) is 13.8 Å². The zero-order valence-corrected chi connectivity index (χ0v) is 14.0. The molecule has 0 bridgehead atoms. The van der Waals surface area contributed by atoms with Crippen molar-refractivity contribution in [3.8, 4) is 0 Å². The first kappa shape index (κ1) is 17.7. The van der Waals surface area contributed by atoms with Gasteiger partial charge in [-0.15, -0.1) is 0 Å². The van der Waals surface area contributed by atoms with Crippen molar-refractivity contribution < 1.29 is 9.21 Å². The molecule has 5 heteroatoms. The largest absolute Gasteiger partial charge is 0.444 e. The van der Waals surface area contributed by atoms with E-state index >= 15 is 0 Å². The van der Waals surface area contributed by atoms with Gasteiger partial charge in [0.05, 0.1) is 12.2 Å². The number of hydrogen-bond acceptors (Lipinski definition) is 4. The number of aromatic nitrogens is 1. The summed E-state index contributed by atoms with van der Waals surface area (Å²) in [6.07, 6.45) is 2.33. The molecule has 1 unspecified atom stereocenters. The van der Waals surface area contributed by atoms with Gasteiger partial charge in [-0.1, -0.05) is 20.8 Å². The van der Waals surface area contributed by atoms with Crippen molar-refractivity contribution in [2.75, 3.05) is 6.54 Å². The fourth-order valence-electron chi connectivity index (χ4n) is 2.39. The Balaban J connectivity index is 2.39. The molecule has 1 aromatic heterocycles. The van der Waals surface area contributed by atoms with Crippen LogP contribution >= 0.6 is 0 Å². The third-order valence-electron chi connectivity index (χ3n) is 3.97. The number of carbonyl (C=O) groups is 1. The van der Waals surface area contributed by atoms with E-state index in [1.165, 1.54) is 0 Å². The highest BCUT2D eigenvalue weighted by Crippen LogP contribution is 2.31. The van der Waals surface area contributed by atoms with Gasteiger partial charge < -0.3 is 15.5 Å². The zero-order valence-electron chi connectivity index (χ0n) is 14.0. The minimum absolute atomic E-state index is 0.0368. The molecular formula is C16H29N3O2. The summed E-state index contributed by atoms with van der Waals surface area (Å²) in [5.41, 5.74) is 6.71. The van der Waals surface area contributed by atoms with Gasteiger partial charge in [-0.3, -0.25) is 4.79 Å². The Kier molecular flexibility index (Phi) is 6.40. The molecule has 0 saturated heterocycles. The van der Waals surface area contributed by atoms with E-state index < -0.39 is 0 Å². The topological polar surface area (TPSA) is 81.2 Å². The summed E-state index contributed by atoms with van der Waals surface area (Å²) in [6.45, 7) is 11.4. The van der Waals surface area contributed by atoms with Gasteiger partial charge in [0, 0.05) is 6.42 Å². The Labute approximate surface area is 127 Å². The number of carbonyl (C=O) groups excluding carboxylic acids is 1. The number of amides is 1. The van der Waals surface area contributed by atoms with Crippen LogP contribution in [0.3, 0.4) is 0 Å². The van der Waals surface area contributed by atoms with Crippen LogP contribution in [-0.4, -0.2) is 17.4 Å². The third-order valence-corrected chi connectivity index (χ3v) is 3.97. The summed E-state index contributed by atoms with van der Waals surface area (Å²) in [5.74, 6) is 1.86. The second-order valence-electron chi connectivity index (χ2n) is 6.70. The summed E-state index contributed by atoms with van der Waals surface area (Å²) in [5, 5.41) is 2.86. The Bertz CT molecular complexity index is 441. The Hall–Kier alpha value is -1.36. The second kappa shape index (κ2) is 7.59. The normalized spacial score (nSPS) is 13.2. The van der Waals surface area contributed by atoms with E-state index in [2.05, 4.69) is 31.1 Å². The number of aryl methyl sites for hydroxylation is 2. The average Bonchev–Trinajstić information content (AvgIpc) is 2.70. The monoisotopic (exact) mass is 295 g/mol. The van der Waals surface area contributed by atoms with Crippen LogP contribution < -0.4 is 11.1 Å². The number of nitrogens with one attached hydrogen (secondary N) is 1. The first-order chi connectivity index (χ1) is 9.74. The van der Waals surface area contributed by atoms with E-state index in [0.29, 0.717) is 31.3 Å². The molecule has 0 aliphatic heterocycles.